The minimum Gasteiger partial charge on any atom is -0.504 e. The van der Waals surface area contributed by atoms with Crippen LogP contribution in [0.1, 0.15) is 19.8 Å². The number of aromatic hydroxyl groups is 1. The molecule has 0 radical (unpaired) electrons. The van der Waals surface area contributed by atoms with E-state index >= 15 is 0 Å². The molecule has 0 spiro atoms. The summed E-state index contributed by atoms with van der Waals surface area (Å²) in [5.74, 6) is -0.333. The van der Waals surface area contributed by atoms with Crippen LogP contribution in [0.25, 0.3) is 0 Å². The van der Waals surface area contributed by atoms with E-state index in [0.29, 0.717) is 18.5 Å². The van der Waals surface area contributed by atoms with E-state index in [1.165, 1.54) is 18.2 Å². The topological polar surface area (TPSA) is 72.5 Å². The monoisotopic (exact) mass is 195 g/mol. The highest BCUT2D eigenvalue weighted by Crippen LogP contribution is 2.28. The van der Waals surface area contributed by atoms with Gasteiger partial charge in [-0.2, -0.15) is 0 Å². The quantitative estimate of drug-likeness (QED) is 0.333. The number of carbonyl (C=O) groups excluding carboxylic acids is 1. The Morgan fingerprint density at radius 1 is 1.57 bits per heavy atom. The van der Waals surface area contributed by atoms with Gasteiger partial charge in [0.15, 0.2) is 11.5 Å². The predicted molar refractivity (Wildman–Crippen MR) is 53.1 cm³/mol. The summed E-state index contributed by atoms with van der Waals surface area (Å²) >= 11 is 0. The molecule has 3 N–H and O–H groups in total. The second-order valence-electron chi connectivity index (χ2n) is 2.95. The second-order valence-corrected chi connectivity index (χ2v) is 2.95. The van der Waals surface area contributed by atoms with Crippen LogP contribution in [0, 0.1) is 0 Å². The number of phenols is 1. The molecular formula is C10H13NO3. The first-order chi connectivity index (χ1) is 6.63. The molecule has 14 heavy (non-hydrogen) atoms. The summed E-state index contributed by atoms with van der Waals surface area (Å²) in [7, 11) is 0. The van der Waals surface area contributed by atoms with Gasteiger partial charge in [-0.15, -0.1) is 0 Å². The van der Waals surface area contributed by atoms with Crippen molar-refractivity contribution in [3.05, 3.63) is 18.2 Å². The normalized spacial score (nSPS) is 9.79. The van der Waals surface area contributed by atoms with Gasteiger partial charge in [0.05, 0.1) is 0 Å². The number of phenolic OH excluding ortho intramolecular Hbond substituents is 1. The molecule has 0 aliphatic carbocycles. The molecule has 0 bridgehead atoms. The zero-order valence-electron chi connectivity index (χ0n) is 7.99. The fourth-order valence-corrected chi connectivity index (χ4v) is 0.990. The summed E-state index contributed by atoms with van der Waals surface area (Å²) in [5, 5.41) is 9.32. The van der Waals surface area contributed by atoms with Crippen molar-refractivity contribution in [1.29, 1.82) is 0 Å². The highest BCUT2D eigenvalue weighted by molar-refractivity contribution is 5.73. The van der Waals surface area contributed by atoms with Gasteiger partial charge in [0.1, 0.15) is 0 Å². The van der Waals surface area contributed by atoms with Gasteiger partial charge in [-0.1, -0.05) is 6.92 Å². The van der Waals surface area contributed by atoms with E-state index in [1.807, 2.05) is 6.92 Å². The molecule has 4 nitrogen and oxygen atoms in total. The Morgan fingerprint density at radius 3 is 2.93 bits per heavy atom. The average Bonchev–Trinajstić information content (AvgIpc) is 2.12. The van der Waals surface area contributed by atoms with Crippen molar-refractivity contribution < 1.29 is 14.6 Å². The minimum atomic E-state index is -0.367. The summed E-state index contributed by atoms with van der Waals surface area (Å²) in [6.07, 6.45) is 1.04. The molecule has 0 fully saturated rings. The molecule has 1 aromatic rings. The van der Waals surface area contributed by atoms with Crippen molar-refractivity contribution in [1.82, 2.24) is 0 Å². The van der Waals surface area contributed by atoms with Gasteiger partial charge in [0.25, 0.3) is 0 Å². The van der Waals surface area contributed by atoms with E-state index in [1.54, 1.807) is 0 Å². The van der Waals surface area contributed by atoms with Crippen molar-refractivity contribution in [3.8, 4) is 11.5 Å². The van der Waals surface area contributed by atoms with Crippen LogP contribution in [0.15, 0.2) is 18.2 Å². The molecule has 0 saturated carbocycles. The van der Waals surface area contributed by atoms with Gasteiger partial charge in [-0.3, -0.25) is 4.79 Å². The Labute approximate surface area is 82.3 Å². The molecule has 0 unspecified atom stereocenters. The maximum atomic E-state index is 11.1. The number of nitrogens with two attached hydrogens (primary N) is 1. The van der Waals surface area contributed by atoms with Crippen molar-refractivity contribution >= 4 is 11.7 Å². The third kappa shape index (κ3) is 2.65. The Balaban J connectivity index is 2.75. The Kier molecular flexibility index (Phi) is 3.34. The zero-order chi connectivity index (χ0) is 10.6. The molecule has 1 rings (SSSR count). The van der Waals surface area contributed by atoms with E-state index in [0.717, 1.165) is 0 Å². The lowest BCUT2D eigenvalue weighted by atomic mass is 10.3. The van der Waals surface area contributed by atoms with Crippen LogP contribution in [-0.2, 0) is 4.79 Å². The van der Waals surface area contributed by atoms with Crippen LogP contribution in [0.2, 0.25) is 0 Å². The number of carbonyl (C=O) groups is 1. The van der Waals surface area contributed by atoms with E-state index in [2.05, 4.69) is 0 Å². The third-order valence-electron chi connectivity index (χ3n) is 1.66. The number of ether oxygens (including phenoxy) is 1. The van der Waals surface area contributed by atoms with Gasteiger partial charge < -0.3 is 15.6 Å². The maximum absolute atomic E-state index is 11.1. The Hall–Kier alpha value is -1.71. The van der Waals surface area contributed by atoms with Gasteiger partial charge in [-0.05, 0) is 18.6 Å². The molecule has 1 aromatic carbocycles. The lowest BCUT2D eigenvalue weighted by Crippen LogP contribution is -2.07. The first-order valence-electron chi connectivity index (χ1n) is 4.42. The molecule has 0 aromatic heterocycles. The smallest absolute Gasteiger partial charge is 0.311 e. The minimum absolute atomic E-state index is 0.0800. The predicted octanol–water partition coefficient (Wildman–Crippen LogP) is 1.68. The summed E-state index contributed by atoms with van der Waals surface area (Å²) < 4.78 is 4.90. The fraction of sp³-hybridized carbons (Fsp3) is 0.300. The fourth-order valence-electron chi connectivity index (χ4n) is 0.990. The van der Waals surface area contributed by atoms with E-state index in [9.17, 15) is 9.90 Å². The number of esters is 1. The Bertz CT molecular complexity index is 336. The van der Waals surface area contributed by atoms with Crippen molar-refractivity contribution in [2.45, 2.75) is 19.8 Å². The lowest BCUT2D eigenvalue weighted by Gasteiger charge is -2.05. The molecule has 0 amide bonds. The number of benzene rings is 1. The standard InChI is InChI=1S/C10H13NO3/c1-2-3-10(13)14-9-6-7(11)4-5-8(9)12/h4-6,12H,2-3,11H2,1H3. The highest BCUT2D eigenvalue weighted by atomic mass is 16.5. The maximum Gasteiger partial charge on any atom is 0.311 e. The summed E-state index contributed by atoms with van der Waals surface area (Å²) in [6.45, 7) is 1.88. The molecule has 76 valence electrons. The molecule has 0 heterocycles. The van der Waals surface area contributed by atoms with Gasteiger partial charge in [-0.25, -0.2) is 0 Å². The summed E-state index contributed by atoms with van der Waals surface area (Å²) in [6, 6.07) is 4.35. The molecule has 0 aliphatic heterocycles. The highest BCUT2D eigenvalue weighted by Gasteiger charge is 2.07. The number of rotatable bonds is 3. The molecule has 4 heteroatoms. The molecular weight excluding hydrogens is 182 g/mol. The van der Waals surface area contributed by atoms with Crippen LogP contribution >= 0.6 is 0 Å². The summed E-state index contributed by atoms with van der Waals surface area (Å²) in [5.41, 5.74) is 5.92. The van der Waals surface area contributed by atoms with Gasteiger partial charge in [0.2, 0.25) is 0 Å². The first-order valence-corrected chi connectivity index (χ1v) is 4.42. The average molecular weight is 195 g/mol. The molecule has 0 aliphatic rings. The number of hydrogen-bond donors (Lipinski definition) is 2. The number of nitrogen functional groups attached to an aromatic ring is 1. The molecule has 0 saturated heterocycles. The zero-order valence-corrected chi connectivity index (χ0v) is 7.99. The number of hydrogen-bond acceptors (Lipinski definition) is 4. The second kappa shape index (κ2) is 4.50. The van der Waals surface area contributed by atoms with Crippen LogP contribution in [0.5, 0.6) is 11.5 Å². The SMILES string of the molecule is CCCC(=O)Oc1cc(N)ccc1O. The van der Waals surface area contributed by atoms with Gasteiger partial charge >= 0.3 is 5.97 Å². The van der Waals surface area contributed by atoms with Crippen LogP contribution in [0.3, 0.4) is 0 Å². The molecule has 0 atom stereocenters. The van der Waals surface area contributed by atoms with Crippen molar-refractivity contribution in [2.24, 2.45) is 0 Å². The van der Waals surface area contributed by atoms with Gasteiger partial charge in [0, 0.05) is 18.2 Å². The van der Waals surface area contributed by atoms with E-state index in [-0.39, 0.29) is 17.5 Å². The van der Waals surface area contributed by atoms with Crippen molar-refractivity contribution in [2.75, 3.05) is 5.73 Å². The van der Waals surface area contributed by atoms with E-state index < -0.39 is 0 Å². The Morgan fingerprint density at radius 2 is 2.29 bits per heavy atom. The lowest BCUT2D eigenvalue weighted by molar-refractivity contribution is -0.134. The van der Waals surface area contributed by atoms with E-state index in [4.69, 9.17) is 10.5 Å². The van der Waals surface area contributed by atoms with Crippen molar-refractivity contribution in [3.63, 3.8) is 0 Å². The van der Waals surface area contributed by atoms with Crippen LogP contribution < -0.4 is 10.5 Å². The van der Waals surface area contributed by atoms with Crippen LogP contribution in [-0.4, -0.2) is 11.1 Å². The number of anilines is 1. The first kappa shape index (κ1) is 10.4. The summed E-state index contributed by atoms with van der Waals surface area (Å²) in [4.78, 5) is 11.1. The largest absolute Gasteiger partial charge is 0.504 e. The third-order valence-corrected chi connectivity index (χ3v) is 1.66. The van der Waals surface area contributed by atoms with Crippen LogP contribution in [0.4, 0.5) is 5.69 Å².